The molecule has 1 aliphatic heterocycles. The summed E-state index contributed by atoms with van der Waals surface area (Å²) in [6, 6.07) is 0.824. The lowest BCUT2D eigenvalue weighted by Gasteiger charge is -2.28. The van der Waals surface area contributed by atoms with Crippen LogP contribution >= 0.6 is 11.8 Å². The van der Waals surface area contributed by atoms with E-state index < -0.39 is 127 Å². The molecule has 0 saturated carbocycles. The lowest BCUT2D eigenvalue weighted by atomic mass is 9.98. The number of hydrogen-bond acceptors (Lipinski definition) is 12. The number of rotatable bonds is 28. The molecule has 1 aliphatic rings. The summed E-state index contributed by atoms with van der Waals surface area (Å²) in [6.45, 7) is 7.55. The Labute approximate surface area is 383 Å². The Morgan fingerprint density at radius 3 is 1.94 bits per heavy atom. The van der Waals surface area contributed by atoms with Crippen LogP contribution in [-0.2, 0) is 54.4 Å². The highest BCUT2D eigenvalue weighted by molar-refractivity contribution is 7.98. The molecular weight excluding hydrogens is 867 g/mol. The molecule has 2 rings (SSSR count). The van der Waals surface area contributed by atoms with E-state index in [1.54, 1.807) is 50.4 Å². The predicted molar refractivity (Wildman–Crippen MR) is 241 cm³/mol. The molecule has 8 atom stereocenters. The second-order valence-corrected chi connectivity index (χ2v) is 17.5. The van der Waals surface area contributed by atoms with Crippen LogP contribution in [0.5, 0.6) is 0 Å². The van der Waals surface area contributed by atoms with Crippen LogP contribution in [0, 0.1) is 11.8 Å². The number of likely N-dealkylation sites (tertiary alicyclic amines) is 1. The van der Waals surface area contributed by atoms with E-state index in [-0.39, 0.29) is 44.6 Å². The van der Waals surface area contributed by atoms with Gasteiger partial charge < -0.3 is 58.1 Å². The number of nitrogens with two attached hydrogens (primary N) is 1. The first-order chi connectivity index (χ1) is 30.7. The van der Waals surface area contributed by atoms with Crippen molar-refractivity contribution < 1.29 is 58.2 Å². The Kier molecular flexibility index (Phi) is 24.0. The van der Waals surface area contributed by atoms with E-state index in [2.05, 4.69) is 37.2 Å². The number of carboxylic acid groups (broad SMARTS) is 2. The summed E-state index contributed by atoms with van der Waals surface area (Å²) >= 11 is 1.36. The van der Waals surface area contributed by atoms with Crippen molar-refractivity contribution in [2.45, 2.75) is 128 Å². The molecule has 65 heavy (non-hydrogen) atoms. The third-order valence-electron chi connectivity index (χ3n) is 10.7. The van der Waals surface area contributed by atoms with Gasteiger partial charge in [-0.25, -0.2) is 4.79 Å². The van der Waals surface area contributed by atoms with Gasteiger partial charge in [0, 0.05) is 19.4 Å². The number of amides is 8. The number of thioether (sulfide) groups is 1. The minimum atomic E-state index is -1.45. The number of carboxylic acids is 2. The number of hydrogen-bond donors (Lipinski definition) is 10. The fourth-order valence-electron chi connectivity index (χ4n) is 6.84. The maximum atomic E-state index is 13.8. The van der Waals surface area contributed by atoms with Gasteiger partial charge in [-0.3, -0.25) is 43.2 Å². The lowest BCUT2D eigenvalue weighted by Crippen LogP contribution is -2.58. The van der Waals surface area contributed by atoms with Gasteiger partial charge >= 0.3 is 11.9 Å². The molecule has 1 saturated heterocycles. The Morgan fingerprint density at radius 1 is 0.754 bits per heavy atom. The number of aliphatic carboxylic acids is 2. The van der Waals surface area contributed by atoms with Gasteiger partial charge in [0.05, 0.1) is 19.1 Å². The van der Waals surface area contributed by atoms with E-state index in [1.807, 2.05) is 13.8 Å². The molecule has 362 valence electrons. The third kappa shape index (κ3) is 19.5. The maximum Gasteiger partial charge on any atom is 0.326 e. The summed E-state index contributed by atoms with van der Waals surface area (Å²) in [7, 11) is 0. The van der Waals surface area contributed by atoms with E-state index in [1.165, 1.54) is 23.6 Å². The van der Waals surface area contributed by atoms with Gasteiger partial charge in [-0.2, -0.15) is 11.8 Å². The Hall–Kier alpha value is -5.77. The van der Waals surface area contributed by atoms with Crippen LogP contribution in [0.15, 0.2) is 30.3 Å². The summed E-state index contributed by atoms with van der Waals surface area (Å²) in [5.41, 5.74) is 6.32. The highest BCUT2D eigenvalue weighted by atomic mass is 32.2. The Balaban J connectivity index is 2.15. The number of nitrogens with zero attached hydrogens (tertiary/aromatic N) is 1. The van der Waals surface area contributed by atoms with Gasteiger partial charge in [-0.15, -0.1) is 0 Å². The zero-order valence-electron chi connectivity index (χ0n) is 38.0. The molecule has 1 aromatic carbocycles. The molecule has 0 bridgehead atoms. The van der Waals surface area contributed by atoms with Crippen LogP contribution in [0.1, 0.15) is 85.1 Å². The smallest absolute Gasteiger partial charge is 0.326 e. The van der Waals surface area contributed by atoms with Crippen LogP contribution in [0.2, 0.25) is 0 Å². The lowest BCUT2D eigenvalue weighted by molar-refractivity contribution is -0.144. The summed E-state index contributed by atoms with van der Waals surface area (Å²) in [5, 5.41) is 36.8. The van der Waals surface area contributed by atoms with Crippen molar-refractivity contribution in [3.63, 3.8) is 0 Å². The second kappa shape index (κ2) is 28.2. The average molecular weight is 934 g/mol. The topological polar surface area (TPSA) is 325 Å². The van der Waals surface area contributed by atoms with Crippen molar-refractivity contribution in [1.82, 2.24) is 42.1 Å². The first-order valence-corrected chi connectivity index (χ1v) is 23.2. The molecule has 1 aromatic rings. The summed E-state index contributed by atoms with van der Waals surface area (Å²) < 4.78 is 0. The Morgan fingerprint density at radius 2 is 1.35 bits per heavy atom. The van der Waals surface area contributed by atoms with E-state index in [9.17, 15) is 58.2 Å². The predicted octanol–water partition coefficient (Wildman–Crippen LogP) is -0.982. The zero-order valence-corrected chi connectivity index (χ0v) is 38.8. The van der Waals surface area contributed by atoms with E-state index in [0.717, 1.165) is 0 Å². The van der Waals surface area contributed by atoms with Crippen molar-refractivity contribution in [2.75, 3.05) is 31.6 Å². The SMILES string of the molecule is CC[C@H](C)[C@H](NC(=O)[C@H](Cc1ccccc1)NC(=O)[C@@H]1CCCN1C(=O)CNC(=O)[C@H](CCSC)NC(=O)[C@H](CCC(=O)O)NC(=O)CNC(=O)[C@H](CC(C)C)NC(=O)[C@H](C)N)C(=O)O. The number of nitrogens with one attached hydrogen (secondary N) is 7. The highest BCUT2D eigenvalue weighted by Gasteiger charge is 2.37. The van der Waals surface area contributed by atoms with Gasteiger partial charge in [0.2, 0.25) is 47.3 Å². The quantitative estimate of drug-likeness (QED) is 0.0483. The molecule has 1 fully saturated rings. The first kappa shape index (κ1) is 55.4. The summed E-state index contributed by atoms with van der Waals surface area (Å²) in [5.74, 6) is -8.28. The maximum absolute atomic E-state index is 13.8. The minimum absolute atomic E-state index is 0.0169. The van der Waals surface area contributed by atoms with Crippen molar-refractivity contribution >= 4 is 71.0 Å². The van der Waals surface area contributed by atoms with Gasteiger partial charge in [-0.05, 0) is 68.4 Å². The first-order valence-electron chi connectivity index (χ1n) is 21.8. The second-order valence-electron chi connectivity index (χ2n) is 16.5. The molecule has 0 aromatic heterocycles. The molecule has 0 radical (unpaired) electrons. The molecule has 1 heterocycles. The van der Waals surface area contributed by atoms with Crippen molar-refractivity contribution in [1.29, 1.82) is 0 Å². The highest BCUT2D eigenvalue weighted by Crippen LogP contribution is 2.19. The van der Waals surface area contributed by atoms with Gasteiger partial charge in [0.25, 0.3) is 0 Å². The monoisotopic (exact) mass is 933 g/mol. The van der Waals surface area contributed by atoms with Crippen molar-refractivity contribution in [2.24, 2.45) is 17.6 Å². The molecule has 21 nitrogen and oxygen atoms in total. The van der Waals surface area contributed by atoms with Gasteiger partial charge in [0.1, 0.15) is 36.3 Å². The minimum Gasteiger partial charge on any atom is -0.481 e. The largest absolute Gasteiger partial charge is 0.481 e. The molecule has 22 heteroatoms. The molecular formula is C43H67N9O12S. The van der Waals surface area contributed by atoms with E-state index in [4.69, 9.17) is 5.73 Å². The van der Waals surface area contributed by atoms with Crippen LogP contribution in [0.3, 0.4) is 0 Å². The van der Waals surface area contributed by atoms with E-state index >= 15 is 0 Å². The van der Waals surface area contributed by atoms with Crippen LogP contribution in [0.25, 0.3) is 0 Å². The van der Waals surface area contributed by atoms with Crippen molar-refractivity contribution in [3.8, 4) is 0 Å². The van der Waals surface area contributed by atoms with Crippen LogP contribution < -0.4 is 43.0 Å². The van der Waals surface area contributed by atoms with E-state index in [0.29, 0.717) is 24.2 Å². The zero-order chi connectivity index (χ0) is 48.8. The summed E-state index contributed by atoms with van der Waals surface area (Å²) in [6.07, 6.45) is 2.36. The molecule has 0 spiro atoms. The molecule has 8 amide bonds. The average Bonchev–Trinajstić information content (AvgIpc) is 3.76. The van der Waals surface area contributed by atoms with Gasteiger partial charge in [0.15, 0.2) is 0 Å². The summed E-state index contributed by atoms with van der Waals surface area (Å²) in [4.78, 5) is 131. The number of benzene rings is 1. The fourth-order valence-corrected chi connectivity index (χ4v) is 7.32. The van der Waals surface area contributed by atoms with Crippen LogP contribution in [0.4, 0.5) is 0 Å². The van der Waals surface area contributed by atoms with Gasteiger partial charge in [-0.1, -0.05) is 64.4 Å². The van der Waals surface area contributed by atoms with Crippen LogP contribution in [-0.4, -0.2) is 148 Å². The number of carbonyl (C=O) groups is 10. The van der Waals surface area contributed by atoms with Crippen molar-refractivity contribution in [3.05, 3.63) is 35.9 Å². The third-order valence-corrected chi connectivity index (χ3v) is 11.3. The standard InChI is InChI=1S/C43H67N9O12S/c1-7-25(4)36(43(63)64)51-41(61)31(21-27-12-9-8-10-13-27)50-42(62)32-14-11-18-52(32)34(54)23-46-38(58)29(17-19-65-6)48-40(60)28(15-16-35(55)56)47-33(53)22-45-39(59)30(20-24(2)3)49-37(57)26(5)44/h8-10,12-13,24-26,28-32,36H,7,11,14-23,44H2,1-6H3,(H,45,59)(H,46,58)(H,47,53)(H,48,60)(H,49,57)(H,50,62)(H,51,61)(H,55,56)(H,63,64)/t25-,26-,28-,29-,30-,31-,32-,36-/m0/s1. The molecule has 0 aliphatic carbocycles. The normalized spacial score (nSPS) is 16.6. The Bertz CT molecular complexity index is 1820. The number of carbonyl (C=O) groups excluding carboxylic acids is 8. The molecule has 0 unspecified atom stereocenters. The fraction of sp³-hybridized carbons (Fsp3) is 0.628. The molecule has 11 N–H and O–H groups in total.